The van der Waals surface area contributed by atoms with Crippen molar-refractivity contribution in [1.29, 1.82) is 0 Å². The molecule has 0 unspecified atom stereocenters. The summed E-state index contributed by atoms with van der Waals surface area (Å²) in [7, 11) is 0. The SMILES string of the molecule is Cc1ccc(C)c(N2C[C@@H](C(=O)Oc3cccc4cccnc34)CC2=O)c1. The molecule has 1 saturated heterocycles. The van der Waals surface area contributed by atoms with E-state index in [2.05, 4.69) is 4.98 Å². The number of hydrogen-bond donors (Lipinski definition) is 0. The van der Waals surface area contributed by atoms with Gasteiger partial charge in [-0.05, 0) is 43.2 Å². The van der Waals surface area contributed by atoms with Crippen molar-refractivity contribution in [3.8, 4) is 5.75 Å². The van der Waals surface area contributed by atoms with Crippen LogP contribution in [0.4, 0.5) is 5.69 Å². The molecule has 0 bridgehead atoms. The van der Waals surface area contributed by atoms with E-state index in [9.17, 15) is 9.59 Å². The lowest BCUT2D eigenvalue weighted by Crippen LogP contribution is -2.28. The van der Waals surface area contributed by atoms with Gasteiger partial charge in [-0.1, -0.05) is 30.3 Å². The fourth-order valence-electron chi connectivity index (χ4n) is 3.46. The lowest BCUT2D eigenvalue weighted by atomic mass is 10.1. The van der Waals surface area contributed by atoms with Crippen molar-refractivity contribution in [2.45, 2.75) is 20.3 Å². The molecule has 1 aliphatic rings. The van der Waals surface area contributed by atoms with Crippen LogP contribution in [-0.2, 0) is 9.59 Å². The van der Waals surface area contributed by atoms with E-state index < -0.39 is 11.9 Å². The Balaban J connectivity index is 1.55. The topological polar surface area (TPSA) is 59.5 Å². The molecular weight excluding hydrogens is 340 g/mol. The molecule has 0 saturated carbocycles. The van der Waals surface area contributed by atoms with E-state index in [1.54, 1.807) is 17.2 Å². The maximum Gasteiger partial charge on any atom is 0.316 e. The van der Waals surface area contributed by atoms with Crippen LogP contribution in [0.3, 0.4) is 0 Å². The van der Waals surface area contributed by atoms with Crippen LogP contribution in [0.15, 0.2) is 54.7 Å². The largest absolute Gasteiger partial charge is 0.424 e. The van der Waals surface area contributed by atoms with Gasteiger partial charge in [-0.25, -0.2) is 0 Å². The molecule has 4 rings (SSSR count). The van der Waals surface area contributed by atoms with E-state index in [1.807, 2.05) is 56.3 Å². The number of carbonyl (C=O) groups is 2. The minimum absolute atomic E-state index is 0.0540. The number of anilines is 1. The van der Waals surface area contributed by atoms with Gasteiger partial charge in [0.25, 0.3) is 0 Å². The van der Waals surface area contributed by atoms with E-state index in [-0.39, 0.29) is 12.3 Å². The van der Waals surface area contributed by atoms with E-state index in [4.69, 9.17) is 4.74 Å². The Morgan fingerprint density at radius 2 is 1.96 bits per heavy atom. The Morgan fingerprint density at radius 1 is 1.15 bits per heavy atom. The Bertz CT molecular complexity index is 1040. The second-order valence-corrected chi connectivity index (χ2v) is 6.95. The molecule has 1 amide bonds. The Morgan fingerprint density at radius 3 is 2.81 bits per heavy atom. The summed E-state index contributed by atoms with van der Waals surface area (Å²) in [5, 5.41) is 0.905. The quantitative estimate of drug-likeness (QED) is 0.526. The van der Waals surface area contributed by atoms with Gasteiger partial charge in [0, 0.05) is 30.2 Å². The molecule has 0 N–H and O–H groups in total. The molecule has 1 aromatic heterocycles. The van der Waals surface area contributed by atoms with Crippen LogP contribution in [0.25, 0.3) is 10.9 Å². The summed E-state index contributed by atoms with van der Waals surface area (Å²) >= 11 is 0. The number of aryl methyl sites for hydroxylation is 2. The lowest BCUT2D eigenvalue weighted by Gasteiger charge is -2.19. The second kappa shape index (κ2) is 6.83. The number of benzene rings is 2. The van der Waals surface area contributed by atoms with Crippen molar-refractivity contribution in [2.75, 3.05) is 11.4 Å². The predicted molar refractivity (Wildman–Crippen MR) is 104 cm³/mol. The van der Waals surface area contributed by atoms with Crippen molar-refractivity contribution in [3.63, 3.8) is 0 Å². The minimum atomic E-state index is -0.489. The van der Waals surface area contributed by atoms with Crippen molar-refractivity contribution in [2.24, 2.45) is 5.92 Å². The third kappa shape index (κ3) is 3.28. The first-order valence-electron chi connectivity index (χ1n) is 8.96. The fourth-order valence-corrected chi connectivity index (χ4v) is 3.46. The molecule has 27 heavy (non-hydrogen) atoms. The number of aromatic nitrogens is 1. The molecule has 1 fully saturated rings. The summed E-state index contributed by atoms with van der Waals surface area (Å²) < 4.78 is 5.62. The molecule has 2 heterocycles. The molecule has 0 spiro atoms. The van der Waals surface area contributed by atoms with Crippen LogP contribution in [0, 0.1) is 19.8 Å². The molecule has 1 aliphatic heterocycles. The number of para-hydroxylation sites is 1. The van der Waals surface area contributed by atoms with Gasteiger partial charge in [-0.2, -0.15) is 0 Å². The van der Waals surface area contributed by atoms with Gasteiger partial charge in [0.15, 0.2) is 5.75 Å². The van der Waals surface area contributed by atoms with Crippen molar-refractivity contribution >= 4 is 28.5 Å². The van der Waals surface area contributed by atoms with Crippen LogP contribution < -0.4 is 9.64 Å². The third-order valence-electron chi connectivity index (χ3n) is 4.92. The van der Waals surface area contributed by atoms with E-state index >= 15 is 0 Å². The molecule has 136 valence electrons. The summed E-state index contributed by atoms with van der Waals surface area (Å²) in [6.45, 7) is 4.29. The Hall–Kier alpha value is -3.21. The van der Waals surface area contributed by atoms with Gasteiger partial charge in [0.2, 0.25) is 5.91 Å². The molecule has 3 aromatic rings. The molecule has 5 nitrogen and oxygen atoms in total. The zero-order valence-electron chi connectivity index (χ0n) is 15.3. The fraction of sp³-hybridized carbons (Fsp3) is 0.227. The predicted octanol–water partition coefficient (Wildman–Crippen LogP) is 3.81. The average molecular weight is 360 g/mol. The molecule has 0 radical (unpaired) electrons. The van der Waals surface area contributed by atoms with E-state index in [0.717, 1.165) is 22.2 Å². The monoisotopic (exact) mass is 360 g/mol. The maximum absolute atomic E-state index is 12.7. The summed E-state index contributed by atoms with van der Waals surface area (Å²) in [6.07, 6.45) is 1.82. The van der Waals surface area contributed by atoms with Gasteiger partial charge in [0.05, 0.1) is 5.92 Å². The number of carbonyl (C=O) groups excluding carboxylic acids is 2. The minimum Gasteiger partial charge on any atom is -0.424 e. The van der Waals surface area contributed by atoms with Crippen molar-refractivity contribution in [3.05, 3.63) is 65.9 Å². The van der Waals surface area contributed by atoms with Gasteiger partial charge in [-0.15, -0.1) is 0 Å². The van der Waals surface area contributed by atoms with Gasteiger partial charge in [0.1, 0.15) is 5.52 Å². The normalized spacial score (nSPS) is 16.7. The highest BCUT2D eigenvalue weighted by molar-refractivity contribution is 6.00. The zero-order chi connectivity index (χ0) is 19.0. The first-order chi connectivity index (χ1) is 13.0. The number of ether oxygens (including phenoxy) is 1. The van der Waals surface area contributed by atoms with Gasteiger partial charge in [-0.3, -0.25) is 14.6 Å². The Kier molecular flexibility index (Phi) is 4.36. The highest BCUT2D eigenvalue weighted by Crippen LogP contribution is 2.30. The highest BCUT2D eigenvalue weighted by atomic mass is 16.5. The second-order valence-electron chi connectivity index (χ2n) is 6.95. The van der Waals surface area contributed by atoms with Crippen molar-refractivity contribution in [1.82, 2.24) is 4.98 Å². The standard InChI is InChI=1S/C22H20N2O3/c1-14-8-9-15(2)18(11-14)24-13-17(12-20(24)25)22(26)27-19-7-3-5-16-6-4-10-23-21(16)19/h3-11,17H,12-13H2,1-2H3/t17-/m0/s1. The summed E-state index contributed by atoms with van der Waals surface area (Å²) in [5.74, 6) is -0.511. The highest BCUT2D eigenvalue weighted by Gasteiger charge is 2.37. The summed E-state index contributed by atoms with van der Waals surface area (Å²) in [6, 6.07) is 15.2. The number of esters is 1. The number of nitrogens with zero attached hydrogens (tertiary/aromatic N) is 2. The Labute approximate surface area is 157 Å². The van der Waals surface area contributed by atoms with Crippen LogP contribution in [-0.4, -0.2) is 23.4 Å². The number of hydrogen-bond acceptors (Lipinski definition) is 4. The van der Waals surface area contributed by atoms with Crippen molar-refractivity contribution < 1.29 is 14.3 Å². The van der Waals surface area contributed by atoms with Crippen LogP contribution in [0.5, 0.6) is 5.75 Å². The van der Waals surface area contributed by atoms with E-state index in [1.165, 1.54) is 0 Å². The molecular formula is C22H20N2O3. The molecule has 1 atom stereocenters. The summed E-state index contributed by atoms with van der Waals surface area (Å²) in [5.41, 5.74) is 3.60. The molecule has 5 heteroatoms. The maximum atomic E-state index is 12.7. The van der Waals surface area contributed by atoms with Crippen LogP contribution >= 0.6 is 0 Å². The van der Waals surface area contributed by atoms with Crippen LogP contribution in [0.2, 0.25) is 0 Å². The average Bonchev–Trinajstić information content (AvgIpc) is 3.06. The van der Waals surface area contributed by atoms with Gasteiger partial charge >= 0.3 is 5.97 Å². The zero-order valence-corrected chi connectivity index (χ0v) is 15.3. The first kappa shape index (κ1) is 17.2. The smallest absolute Gasteiger partial charge is 0.316 e. The summed E-state index contributed by atoms with van der Waals surface area (Å²) in [4.78, 5) is 31.2. The number of fused-ring (bicyclic) bond motifs is 1. The van der Waals surface area contributed by atoms with E-state index in [0.29, 0.717) is 17.8 Å². The molecule has 2 aromatic carbocycles. The lowest BCUT2D eigenvalue weighted by molar-refractivity contribution is -0.139. The van der Waals surface area contributed by atoms with Gasteiger partial charge < -0.3 is 9.64 Å². The third-order valence-corrected chi connectivity index (χ3v) is 4.92. The number of amides is 1. The number of pyridine rings is 1. The first-order valence-corrected chi connectivity index (χ1v) is 8.96. The molecule has 0 aliphatic carbocycles. The van der Waals surface area contributed by atoms with Crippen LogP contribution in [0.1, 0.15) is 17.5 Å². The number of rotatable bonds is 3.